The summed E-state index contributed by atoms with van der Waals surface area (Å²) >= 11 is 0. The molecule has 0 aliphatic carbocycles. The summed E-state index contributed by atoms with van der Waals surface area (Å²) in [6.45, 7) is 0.525. The molecule has 1 saturated heterocycles. The number of alkyl halides is 3. The molecule has 0 radical (unpaired) electrons. The molecule has 0 spiro atoms. The zero-order valence-electron chi connectivity index (χ0n) is 12.1. The third-order valence-corrected chi connectivity index (χ3v) is 3.78. The van der Waals surface area contributed by atoms with Crippen LogP contribution in [-0.2, 0) is 6.18 Å². The minimum atomic E-state index is -4.52. The van der Waals surface area contributed by atoms with Gasteiger partial charge in [0, 0.05) is 25.2 Å². The highest BCUT2D eigenvalue weighted by Gasteiger charge is 2.35. The molecule has 1 atom stereocenters. The average molecular weight is 325 g/mol. The highest BCUT2D eigenvalue weighted by molar-refractivity contribution is 5.94. The van der Waals surface area contributed by atoms with Crippen molar-refractivity contribution in [2.75, 3.05) is 11.4 Å². The lowest BCUT2D eigenvalue weighted by atomic mass is 10.1. The van der Waals surface area contributed by atoms with Gasteiger partial charge in [0.2, 0.25) is 5.95 Å². The van der Waals surface area contributed by atoms with E-state index in [4.69, 9.17) is 4.42 Å². The smallest absolute Gasteiger partial charge is 0.433 e. The average Bonchev–Trinajstić information content (AvgIpc) is 3.18. The van der Waals surface area contributed by atoms with E-state index >= 15 is 0 Å². The summed E-state index contributed by atoms with van der Waals surface area (Å²) in [5.41, 5.74) is -0.981. The van der Waals surface area contributed by atoms with E-state index in [1.165, 1.54) is 6.26 Å². The van der Waals surface area contributed by atoms with Crippen molar-refractivity contribution >= 4 is 11.7 Å². The Kier molecular flexibility index (Phi) is 4.06. The van der Waals surface area contributed by atoms with Gasteiger partial charge in [0.05, 0.1) is 6.26 Å². The summed E-state index contributed by atoms with van der Waals surface area (Å²) in [5, 5.41) is 0. The Hall–Kier alpha value is -2.38. The minimum absolute atomic E-state index is 0.00886. The Morgan fingerprint density at radius 1 is 1.39 bits per heavy atom. The van der Waals surface area contributed by atoms with Crippen molar-refractivity contribution in [2.45, 2.75) is 31.5 Å². The van der Waals surface area contributed by atoms with E-state index in [0.717, 1.165) is 18.7 Å². The normalized spacial score (nSPS) is 18.4. The van der Waals surface area contributed by atoms with Crippen LogP contribution in [0.5, 0.6) is 0 Å². The van der Waals surface area contributed by atoms with Crippen molar-refractivity contribution in [3.63, 3.8) is 0 Å². The molecule has 0 saturated carbocycles. The number of furan rings is 1. The van der Waals surface area contributed by atoms with Gasteiger partial charge in [0.15, 0.2) is 11.5 Å². The molecule has 1 aliphatic heterocycles. The molecule has 0 bridgehead atoms. The lowest BCUT2D eigenvalue weighted by Crippen LogP contribution is -2.33. The van der Waals surface area contributed by atoms with Gasteiger partial charge in [-0.15, -0.1) is 0 Å². The highest BCUT2D eigenvalue weighted by atomic mass is 19.4. The number of anilines is 1. The molecule has 3 heterocycles. The molecule has 0 N–H and O–H groups in total. The van der Waals surface area contributed by atoms with Gasteiger partial charge in [-0.25, -0.2) is 9.97 Å². The van der Waals surface area contributed by atoms with Gasteiger partial charge in [-0.1, -0.05) is 0 Å². The first-order valence-electron chi connectivity index (χ1n) is 7.19. The second-order valence-electron chi connectivity index (χ2n) is 5.33. The van der Waals surface area contributed by atoms with Gasteiger partial charge in [-0.05, 0) is 31.0 Å². The molecule has 5 nitrogen and oxygen atoms in total. The third-order valence-electron chi connectivity index (χ3n) is 3.78. The van der Waals surface area contributed by atoms with Crippen LogP contribution < -0.4 is 4.90 Å². The van der Waals surface area contributed by atoms with E-state index in [1.54, 1.807) is 17.0 Å². The Morgan fingerprint density at radius 2 is 2.22 bits per heavy atom. The van der Waals surface area contributed by atoms with Crippen molar-refractivity contribution in [2.24, 2.45) is 0 Å². The van der Waals surface area contributed by atoms with Crippen LogP contribution in [-0.4, -0.2) is 28.3 Å². The van der Waals surface area contributed by atoms with Crippen molar-refractivity contribution in [1.29, 1.82) is 0 Å². The van der Waals surface area contributed by atoms with Crippen LogP contribution in [0.2, 0.25) is 0 Å². The van der Waals surface area contributed by atoms with Gasteiger partial charge in [0.1, 0.15) is 5.69 Å². The summed E-state index contributed by atoms with van der Waals surface area (Å²) < 4.78 is 43.4. The zero-order valence-corrected chi connectivity index (χ0v) is 12.1. The van der Waals surface area contributed by atoms with Gasteiger partial charge in [-0.2, -0.15) is 13.2 Å². The van der Waals surface area contributed by atoms with Crippen molar-refractivity contribution in [3.05, 3.63) is 42.1 Å². The maximum Gasteiger partial charge on any atom is 0.433 e. The molecule has 122 valence electrons. The first-order valence-corrected chi connectivity index (χ1v) is 7.19. The van der Waals surface area contributed by atoms with Crippen LogP contribution in [0.15, 0.2) is 35.1 Å². The first-order chi connectivity index (χ1) is 10.9. The van der Waals surface area contributed by atoms with E-state index in [2.05, 4.69) is 9.97 Å². The summed E-state index contributed by atoms with van der Waals surface area (Å²) in [5.74, 6) is 0.0789. The Balaban J connectivity index is 1.78. The zero-order chi connectivity index (χ0) is 16.4. The number of hydrogen-bond acceptors (Lipinski definition) is 5. The summed E-state index contributed by atoms with van der Waals surface area (Å²) in [4.78, 5) is 21.3. The van der Waals surface area contributed by atoms with Gasteiger partial charge >= 0.3 is 6.18 Å². The van der Waals surface area contributed by atoms with Gasteiger partial charge in [-0.3, -0.25) is 4.79 Å². The van der Waals surface area contributed by atoms with Crippen LogP contribution in [0.25, 0.3) is 0 Å². The van der Waals surface area contributed by atoms with E-state index in [9.17, 15) is 18.0 Å². The first kappa shape index (κ1) is 15.5. The van der Waals surface area contributed by atoms with Gasteiger partial charge in [0.25, 0.3) is 0 Å². The monoisotopic (exact) mass is 325 g/mol. The summed E-state index contributed by atoms with van der Waals surface area (Å²) in [7, 11) is 0. The molecule has 2 aromatic rings. The van der Waals surface area contributed by atoms with Crippen LogP contribution in [0.3, 0.4) is 0 Å². The number of Topliss-reactive ketones (excluding diaryl/α,β-unsaturated/α-hetero) is 1. The maximum atomic E-state index is 12.8. The molecule has 1 aliphatic rings. The second kappa shape index (κ2) is 6.02. The fourth-order valence-electron chi connectivity index (χ4n) is 2.71. The SMILES string of the molecule is O=C(C[C@H]1CCCN1c1nccc(C(F)(F)F)n1)c1ccco1. The Labute approximate surface area is 130 Å². The van der Waals surface area contributed by atoms with Crippen LogP contribution in [0.1, 0.15) is 35.5 Å². The van der Waals surface area contributed by atoms with E-state index < -0.39 is 11.9 Å². The Bertz CT molecular complexity index is 686. The standard InChI is InChI=1S/C15H14F3N3O2/c16-15(17,18)13-5-6-19-14(20-13)21-7-1-3-10(21)9-11(22)12-4-2-8-23-12/h2,4-6,8,10H,1,3,7,9H2/t10-/m1/s1. The number of halogens is 3. The van der Waals surface area contributed by atoms with E-state index in [0.29, 0.717) is 13.0 Å². The topological polar surface area (TPSA) is 59.2 Å². The van der Waals surface area contributed by atoms with Crippen molar-refractivity contribution in [3.8, 4) is 0 Å². The molecule has 8 heteroatoms. The molecular weight excluding hydrogens is 311 g/mol. The number of rotatable bonds is 4. The third kappa shape index (κ3) is 3.35. The fraction of sp³-hybridized carbons (Fsp3) is 0.400. The number of nitrogens with zero attached hydrogens (tertiary/aromatic N) is 3. The number of hydrogen-bond donors (Lipinski definition) is 0. The maximum absolute atomic E-state index is 12.8. The number of carbonyl (C=O) groups is 1. The molecule has 1 fully saturated rings. The van der Waals surface area contributed by atoms with E-state index in [-0.39, 0.29) is 30.0 Å². The predicted molar refractivity (Wildman–Crippen MR) is 75.1 cm³/mol. The largest absolute Gasteiger partial charge is 0.461 e. The predicted octanol–water partition coefficient (Wildman–Crippen LogP) is 3.33. The number of carbonyl (C=O) groups excluding carboxylic acids is 1. The molecule has 0 aromatic carbocycles. The lowest BCUT2D eigenvalue weighted by Gasteiger charge is -2.24. The minimum Gasteiger partial charge on any atom is -0.461 e. The fourth-order valence-corrected chi connectivity index (χ4v) is 2.71. The molecule has 23 heavy (non-hydrogen) atoms. The van der Waals surface area contributed by atoms with E-state index in [1.807, 2.05) is 0 Å². The van der Waals surface area contributed by atoms with Crippen molar-refractivity contribution in [1.82, 2.24) is 9.97 Å². The van der Waals surface area contributed by atoms with Crippen LogP contribution >= 0.6 is 0 Å². The number of ketones is 1. The Morgan fingerprint density at radius 3 is 2.91 bits per heavy atom. The highest BCUT2D eigenvalue weighted by Crippen LogP contribution is 2.30. The van der Waals surface area contributed by atoms with Gasteiger partial charge < -0.3 is 9.32 Å². The molecule has 0 unspecified atom stereocenters. The summed E-state index contributed by atoms with van der Waals surface area (Å²) in [6, 6.07) is 3.80. The number of aromatic nitrogens is 2. The van der Waals surface area contributed by atoms with Crippen LogP contribution in [0, 0.1) is 0 Å². The molecule has 2 aromatic heterocycles. The van der Waals surface area contributed by atoms with Crippen LogP contribution in [0.4, 0.5) is 19.1 Å². The quantitative estimate of drug-likeness (QED) is 0.807. The molecule has 0 amide bonds. The van der Waals surface area contributed by atoms with Crippen molar-refractivity contribution < 1.29 is 22.4 Å². The molecular formula is C15H14F3N3O2. The lowest BCUT2D eigenvalue weighted by molar-refractivity contribution is -0.141. The second-order valence-corrected chi connectivity index (χ2v) is 5.33. The summed E-state index contributed by atoms with van der Waals surface area (Å²) in [6.07, 6.45) is -0.379. The molecule has 3 rings (SSSR count).